The van der Waals surface area contributed by atoms with E-state index >= 15 is 0 Å². The molecule has 120 valence electrons. The summed E-state index contributed by atoms with van der Waals surface area (Å²) in [7, 11) is -3.18. The standard InChI is InChI=1S/C14H18FN3O2S2/c1-8-4-12-13(16-9(2)17-14(12)21-8)18-6-10(15)5-11(18)7-22(3,19)20/h4,10-11H,5-7H2,1-3H3/t10-,11-/m0/s1. The van der Waals surface area contributed by atoms with E-state index in [0.29, 0.717) is 11.6 Å². The molecule has 3 heterocycles. The minimum Gasteiger partial charge on any atom is -0.349 e. The normalized spacial score (nSPS) is 22.6. The molecule has 0 radical (unpaired) electrons. The van der Waals surface area contributed by atoms with Crippen molar-refractivity contribution in [1.29, 1.82) is 0 Å². The van der Waals surface area contributed by atoms with Gasteiger partial charge in [0.15, 0.2) is 0 Å². The summed E-state index contributed by atoms with van der Waals surface area (Å²) in [5.41, 5.74) is 0. The Bertz CT molecular complexity index is 819. The molecule has 0 unspecified atom stereocenters. The first-order valence-corrected chi connectivity index (χ1v) is 9.94. The molecule has 2 aromatic heterocycles. The Labute approximate surface area is 133 Å². The molecule has 22 heavy (non-hydrogen) atoms. The maximum absolute atomic E-state index is 13.9. The van der Waals surface area contributed by atoms with Crippen LogP contribution in [0.25, 0.3) is 10.2 Å². The monoisotopic (exact) mass is 343 g/mol. The summed E-state index contributed by atoms with van der Waals surface area (Å²) in [6.45, 7) is 3.97. The number of hydrogen-bond donors (Lipinski definition) is 0. The Morgan fingerprint density at radius 2 is 2.14 bits per heavy atom. The van der Waals surface area contributed by atoms with Crippen LogP contribution in [0.3, 0.4) is 0 Å². The van der Waals surface area contributed by atoms with Crippen LogP contribution < -0.4 is 4.90 Å². The number of aromatic nitrogens is 2. The highest BCUT2D eigenvalue weighted by Gasteiger charge is 2.36. The zero-order valence-electron chi connectivity index (χ0n) is 12.7. The molecule has 5 nitrogen and oxygen atoms in total. The largest absolute Gasteiger partial charge is 0.349 e. The van der Waals surface area contributed by atoms with Crippen molar-refractivity contribution in [2.75, 3.05) is 23.5 Å². The maximum atomic E-state index is 13.9. The van der Waals surface area contributed by atoms with E-state index in [9.17, 15) is 12.8 Å². The number of alkyl halides is 1. The van der Waals surface area contributed by atoms with Crippen molar-refractivity contribution < 1.29 is 12.8 Å². The number of aryl methyl sites for hydroxylation is 2. The van der Waals surface area contributed by atoms with E-state index in [4.69, 9.17) is 0 Å². The van der Waals surface area contributed by atoms with Gasteiger partial charge in [-0.1, -0.05) is 0 Å². The van der Waals surface area contributed by atoms with Crippen LogP contribution in [0.1, 0.15) is 17.1 Å². The third-order valence-electron chi connectivity index (χ3n) is 3.74. The second-order valence-electron chi connectivity index (χ2n) is 5.90. The number of halogens is 1. The fourth-order valence-electron chi connectivity index (χ4n) is 2.98. The van der Waals surface area contributed by atoms with Crippen LogP contribution in [0, 0.1) is 13.8 Å². The molecule has 3 rings (SSSR count). The average molecular weight is 343 g/mol. The molecule has 1 fully saturated rings. The SMILES string of the molecule is Cc1nc(N2C[C@@H](F)C[C@H]2CS(C)(=O)=O)c2cc(C)sc2n1. The highest BCUT2D eigenvalue weighted by Crippen LogP contribution is 2.35. The van der Waals surface area contributed by atoms with E-state index in [1.54, 1.807) is 23.2 Å². The predicted molar refractivity (Wildman–Crippen MR) is 87.2 cm³/mol. The minimum absolute atomic E-state index is 0.0545. The lowest BCUT2D eigenvalue weighted by molar-refractivity contribution is 0.358. The summed E-state index contributed by atoms with van der Waals surface area (Å²) in [6.07, 6.45) is 0.379. The molecule has 0 saturated carbocycles. The number of nitrogens with zero attached hydrogens (tertiary/aromatic N) is 3. The van der Waals surface area contributed by atoms with Crippen molar-refractivity contribution in [3.05, 3.63) is 16.8 Å². The predicted octanol–water partition coefficient (Wildman–Crippen LogP) is 2.27. The molecule has 1 saturated heterocycles. The lowest BCUT2D eigenvalue weighted by atomic mass is 10.2. The van der Waals surface area contributed by atoms with Crippen molar-refractivity contribution in [3.63, 3.8) is 0 Å². The Morgan fingerprint density at radius 1 is 1.41 bits per heavy atom. The van der Waals surface area contributed by atoms with Crippen molar-refractivity contribution in [2.45, 2.75) is 32.5 Å². The first-order chi connectivity index (χ1) is 10.2. The van der Waals surface area contributed by atoms with Crippen LogP contribution in [-0.2, 0) is 9.84 Å². The zero-order chi connectivity index (χ0) is 16.1. The number of rotatable bonds is 3. The van der Waals surface area contributed by atoms with Gasteiger partial charge in [0.25, 0.3) is 0 Å². The molecule has 0 aliphatic carbocycles. The van der Waals surface area contributed by atoms with E-state index in [0.717, 1.165) is 15.1 Å². The van der Waals surface area contributed by atoms with Crippen molar-refractivity contribution >= 4 is 37.2 Å². The molecule has 2 atom stereocenters. The molecular formula is C14H18FN3O2S2. The summed E-state index contributed by atoms with van der Waals surface area (Å²) < 4.78 is 37.2. The molecule has 0 bridgehead atoms. The number of thiophene rings is 1. The second-order valence-corrected chi connectivity index (χ2v) is 9.32. The molecule has 0 aromatic carbocycles. The number of fused-ring (bicyclic) bond motifs is 1. The molecular weight excluding hydrogens is 325 g/mol. The van der Waals surface area contributed by atoms with Crippen molar-refractivity contribution in [1.82, 2.24) is 9.97 Å². The summed E-state index contributed by atoms with van der Waals surface area (Å²) in [5.74, 6) is 1.21. The molecule has 2 aromatic rings. The number of anilines is 1. The quantitative estimate of drug-likeness (QED) is 0.855. The van der Waals surface area contributed by atoms with Crippen LogP contribution in [0.15, 0.2) is 6.07 Å². The van der Waals surface area contributed by atoms with Crippen LogP contribution >= 0.6 is 11.3 Å². The Morgan fingerprint density at radius 3 is 2.82 bits per heavy atom. The second kappa shape index (κ2) is 5.42. The maximum Gasteiger partial charge on any atom is 0.149 e. The molecule has 1 aliphatic heterocycles. The van der Waals surface area contributed by atoms with Crippen LogP contribution in [-0.4, -0.2) is 49.2 Å². The highest BCUT2D eigenvalue weighted by molar-refractivity contribution is 7.90. The van der Waals surface area contributed by atoms with Gasteiger partial charge in [-0.05, 0) is 19.9 Å². The van der Waals surface area contributed by atoms with E-state index in [1.165, 1.54) is 6.26 Å². The average Bonchev–Trinajstić information content (AvgIpc) is 2.88. The van der Waals surface area contributed by atoms with Gasteiger partial charge in [0.05, 0.1) is 17.7 Å². The van der Waals surface area contributed by atoms with E-state index in [1.807, 2.05) is 13.0 Å². The van der Waals surface area contributed by atoms with Crippen LogP contribution in [0.4, 0.5) is 10.2 Å². The molecule has 0 amide bonds. The fraction of sp³-hybridized carbons (Fsp3) is 0.571. The topological polar surface area (TPSA) is 63.2 Å². The lowest BCUT2D eigenvalue weighted by Gasteiger charge is -2.25. The first kappa shape index (κ1) is 15.6. The molecule has 8 heteroatoms. The summed E-state index contributed by atoms with van der Waals surface area (Å²) in [4.78, 5) is 12.7. The van der Waals surface area contributed by atoms with Crippen LogP contribution in [0.2, 0.25) is 0 Å². The van der Waals surface area contributed by atoms with Gasteiger partial charge in [0.1, 0.15) is 32.5 Å². The minimum atomic E-state index is -3.18. The van der Waals surface area contributed by atoms with Crippen molar-refractivity contribution in [3.8, 4) is 0 Å². The lowest BCUT2D eigenvalue weighted by Crippen LogP contribution is -2.35. The van der Waals surface area contributed by atoms with E-state index in [-0.39, 0.29) is 24.8 Å². The Hall–Kier alpha value is -1.28. The molecule has 0 spiro atoms. The number of hydrogen-bond acceptors (Lipinski definition) is 6. The van der Waals surface area contributed by atoms with Gasteiger partial charge in [-0.3, -0.25) is 0 Å². The van der Waals surface area contributed by atoms with Gasteiger partial charge in [0, 0.05) is 23.6 Å². The Kier molecular flexibility index (Phi) is 3.84. The first-order valence-electron chi connectivity index (χ1n) is 7.06. The summed E-state index contributed by atoms with van der Waals surface area (Å²) in [5, 5.41) is 0.876. The smallest absolute Gasteiger partial charge is 0.149 e. The van der Waals surface area contributed by atoms with Gasteiger partial charge in [-0.15, -0.1) is 11.3 Å². The van der Waals surface area contributed by atoms with E-state index < -0.39 is 16.0 Å². The van der Waals surface area contributed by atoms with Gasteiger partial charge in [0.2, 0.25) is 0 Å². The molecule has 0 N–H and O–H groups in total. The van der Waals surface area contributed by atoms with Gasteiger partial charge in [-0.2, -0.15) is 0 Å². The molecule has 1 aliphatic rings. The third kappa shape index (κ3) is 3.08. The third-order valence-corrected chi connectivity index (χ3v) is 5.67. The highest BCUT2D eigenvalue weighted by atomic mass is 32.2. The van der Waals surface area contributed by atoms with Gasteiger partial charge < -0.3 is 4.90 Å². The van der Waals surface area contributed by atoms with Gasteiger partial charge >= 0.3 is 0 Å². The summed E-state index contributed by atoms with van der Waals surface area (Å²) >= 11 is 1.56. The zero-order valence-corrected chi connectivity index (χ0v) is 14.3. The van der Waals surface area contributed by atoms with Crippen molar-refractivity contribution in [2.24, 2.45) is 0 Å². The van der Waals surface area contributed by atoms with Gasteiger partial charge in [-0.25, -0.2) is 22.8 Å². The van der Waals surface area contributed by atoms with E-state index in [2.05, 4.69) is 9.97 Å². The fourth-order valence-corrected chi connectivity index (χ4v) is 4.91. The summed E-state index contributed by atoms with van der Waals surface area (Å²) in [6, 6.07) is 1.61. The Balaban J connectivity index is 2.08. The number of sulfone groups is 1. The van der Waals surface area contributed by atoms with Crippen LogP contribution in [0.5, 0.6) is 0 Å².